The van der Waals surface area contributed by atoms with Gasteiger partial charge in [-0.05, 0) is 24.0 Å². The van der Waals surface area contributed by atoms with E-state index in [2.05, 4.69) is 6.92 Å². The highest BCUT2D eigenvalue weighted by Crippen LogP contribution is 2.38. The van der Waals surface area contributed by atoms with Crippen molar-refractivity contribution in [3.05, 3.63) is 47.2 Å². The van der Waals surface area contributed by atoms with Crippen LogP contribution in [0.3, 0.4) is 0 Å². The first-order valence-corrected chi connectivity index (χ1v) is 5.18. The summed E-state index contributed by atoms with van der Waals surface area (Å²) in [7, 11) is 0. The molecular formula is C13H15NO. The van der Waals surface area contributed by atoms with Crippen molar-refractivity contribution in [3.8, 4) is 0 Å². The lowest BCUT2D eigenvalue weighted by Gasteiger charge is -2.15. The van der Waals surface area contributed by atoms with Crippen molar-refractivity contribution in [2.45, 2.75) is 19.8 Å². The zero-order chi connectivity index (χ0) is 11.0. The fourth-order valence-electron chi connectivity index (χ4n) is 2.18. The number of Topliss-reactive ketones (excluding diaryl/α,β-unsaturated/α-hetero) is 1. The summed E-state index contributed by atoms with van der Waals surface area (Å²) >= 11 is 0. The molecule has 0 radical (unpaired) electrons. The second kappa shape index (κ2) is 3.54. The Labute approximate surface area is 89.8 Å². The highest BCUT2D eigenvalue weighted by molar-refractivity contribution is 6.03. The van der Waals surface area contributed by atoms with Gasteiger partial charge in [-0.25, -0.2) is 0 Å². The van der Waals surface area contributed by atoms with Gasteiger partial charge < -0.3 is 5.73 Å². The molecule has 0 saturated carbocycles. The fraction of sp³-hybridized carbons (Fsp3) is 0.308. The van der Waals surface area contributed by atoms with Crippen LogP contribution < -0.4 is 5.73 Å². The first kappa shape index (κ1) is 9.97. The van der Waals surface area contributed by atoms with Crippen LogP contribution in [0.5, 0.6) is 0 Å². The van der Waals surface area contributed by atoms with Gasteiger partial charge in [0.2, 0.25) is 0 Å². The molecule has 0 aliphatic heterocycles. The highest BCUT2D eigenvalue weighted by Gasteiger charge is 2.36. The summed E-state index contributed by atoms with van der Waals surface area (Å²) in [5.41, 5.74) is 8.31. The van der Waals surface area contributed by atoms with Crippen LogP contribution in [-0.2, 0) is 4.79 Å². The van der Waals surface area contributed by atoms with E-state index in [-0.39, 0.29) is 17.6 Å². The predicted molar refractivity (Wildman–Crippen MR) is 60.2 cm³/mol. The lowest BCUT2D eigenvalue weighted by molar-refractivity contribution is -0.116. The third-order valence-corrected chi connectivity index (χ3v) is 3.31. The van der Waals surface area contributed by atoms with Crippen LogP contribution in [-0.4, -0.2) is 5.78 Å². The topological polar surface area (TPSA) is 43.1 Å². The zero-order valence-corrected chi connectivity index (χ0v) is 9.03. The number of nitrogens with two attached hydrogens (primary N) is 1. The maximum Gasteiger partial charge on any atom is 0.186 e. The van der Waals surface area contributed by atoms with Crippen molar-refractivity contribution in [1.82, 2.24) is 0 Å². The zero-order valence-electron chi connectivity index (χ0n) is 9.03. The van der Waals surface area contributed by atoms with E-state index in [4.69, 9.17) is 5.73 Å². The van der Waals surface area contributed by atoms with Gasteiger partial charge in [-0.15, -0.1) is 0 Å². The molecule has 2 unspecified atom stereocenters. The first-order valence-electron chi connectivity index (χ1n) is 5.18. The van der Waals surface area contributed by atoms with Gasteiger partial charge in [0.1, 0.15) is 0 Å². The van der Waals surface area contributed by atoms with Crippen molar-refractivity contribution >= 4 is 5.78 Å². The number of allylic oxidation sites excluding steroid dienone is 2. The van der Waals surface area contributed by atoms with Gasteiger partial charge in [0, 0.05) is 0 Å². The average molecular weight is 201 g/mol. The molecule has 0 amide bonds. The molecule has 1 aromatic carbocycles. The number of ketones is 1. The Morgan fingerprint density at radius 3 is 2.27 bits per heavy atom. The van der Waals surface area contributed by atoms with Crippen LogP contribution in [0.2, 0.25) is 0 Å². The highest BCUT2D eigenvalue weighted by atomic mass is 16.1. The van der Waals surface area contributed by atoms with Crippen molar-refractivity contribution in [3.63, 3.8) is 0 Å². The Bertz CT molecular complexity index is 419. The Morgan fingerprint density at radius 2 is 1.80 bits per heavy atom. The molecule has 2 heteroatoms. The molecule has 1 aliphatic rings. The molecule has 0 aromatic heterocycles. The average Bonchev–Trinajstić information content (AvgIpc) is 2.45. The van der Waals surface area contributed by atoms with E-state index < -0.39 is 0 Å². The van der Waals surface area contributed by atoms with E-state index in [9.17, 15) is 4.79 Å². The lowest BCUT2D eigenvalue weighted by atomic mass is 9.87. The molecule has 0 spiro atoms. The van der Waals surface area contributed by atoms with Crippen molar-refractivity contribution in [2.75, 3.05) is 0 Å². The SMILES string of the molecule is CC1=C(N)C(=O)C(c2ccccc2)C1C. The quantitative estimate of drug-likeness (QED) is 0.757. The van der Waals surface area contributed by atoms with Gasteiger partial charge in [-0.2, -0.15) is 0 Å². The third kappa shape index (κ3) is 1.46. The molecule has 2 nitrogen and oxygen atoms in total. The van der Waals surface area contributed by atoms with E-state index in [1.807, 2.05) is 37.3 Å². The summed E-state index contributed by atoms with van der Waals surface area (Å²) in [6.45, 7) is 4.01. The molecule has 1 aromatic rings. The molecule has 2 N–H and O–H groups in total. The number of benzene rings is 1. The smallest absolute Gasteiger partial charge is 0.186 e. The van der Waals surface area contributed by atoms with E-state index in [0.29, 0.717) is 5.70 Å². The molecule has 78 valence electrons. The third-order valence-electron chi connectivity index (χ3n) is 3.31. The van der Waals surface area contributed by atoms with Crippen LogP contribution in [0.15, 0.2) is 41.6 Å². The van der Waals surface area contributed by atoms with E-state index in [1.165, 1.54) is 0 Å². The monoisotopic (exact) mass is 201 g/mol. The van der Waals surface area contributed by atoms with E-state index >= 15 is 0 Å². The van der Waals surface area contributed by atoms with Gasteiger partial charge in [0.05, 0.1) is 11.6 Å². The second-order valence-corrected chi connectivity index (χ2v) is 4.14. The molecule has 1 aliphatic carbocycles. The molecule has 15 heavy (non-hydrogen) atoms. The maximum absolute atomic E-state index is 11.9. The van der Waals surface area contributed by atoms with Gasteiger partial charge in [-0.3, -0.25) is 4.79 Å². The number of rotatable bonds is 1. The Balaban J connectivity index is 2.39. The maximum atomic E-state index is 11.9. The number of carbonyl (C=O) groups is 1. The molecule has 0 heterocycles. The van der Waals surface area contributed by atoms with Crippen molar-refractivity contribution < 1.29 is 4.79 Å². The van der Waals surface area contributed by atoms with Crippen LogP contribution in [0.25, 0.3) is 0 Å². The Morgan fingerprint density at radius 1 is 1.20 bits per heavy atom. The van der Waals surface area contributed by atoms with Crippen LogP contribution in [0.1, 0.15) is 25.3 Å². The summed E-state index contributed by atoms with van der Waals surface area (Å²) in [5.74, 6) is 0.220. The lowest BCUT2D eigenvalue weighted by Crippen LogP contribution is -2.16. The normalized spacial score (nSPS) is 26.1. The summed E-state index contributed by atoms with van der Waals surface area (Å²) in [6, 6.07) is 9.85. The fourth-order valence-corrected chi connectivity index (χ4v) is 2.18. The number of carbonyl (C=O) groups excluding carboxylic acids is 1. The number of hydrogen-bond donors (Lipinski definition) is 1. The van der Waals surface area contributed by atoms with Crippen LogP contribution in [0.4, 0.5) is 0 Å². The molecule has 0 saturated heterocycles. The second-order valence-electron chi connectivity index (χ2n) is 4.14. The van der Waals surface area contributed by atoms with Gasteiger partial charge in [0.15, 0.2) is 5.78 Å². The van der Waals surface area contributed by atoms with Gasteiger partial charge in [-0.1, -0.05) is 37.3 Å². The molecular weight excluding hydrogens is 186 g/mol. The first-order chi connectivity index (χ1) is 7.13. The minimum absolute atomic E-state index is 0.0752. The van der Waals surface area contributed by atoms with Gasteiger partial charge >= 0.3 is 0 Å². The molecule has 2 atom stereocenters. The summed E-state index contributed by atoms with van der Waals surface area (Å²) in [5, 5.41) is 0. The van der Waals surface area contributed by atoms with Crippen LogP contribution >= 0.6 is 0 Å². The number of hydrogen-bond acceptors (Lipinski definition) is 2. The minimum Gasteiger partial charge on any atom is -0.396 e. The van der Waals surface area contributed by atoms with E-state index in [1.54, 1.807) is 0 Å². The van der Waals surface area contributed by atoms with E-state index in [0.717, 1.165) is 11.1 Å². The van der Waals surface area contributed by atoms with Crippen molar-refractivity contribution in [1.29, 1.82) is 0 Å². The summed E-state index contributed by atoms with van der Waals surface area (Å²) < 4.78 is 0. The Kier molecular flexibility index (Phi) is 2.35. The minimum atomic E-state index is -0.0776. The summed E-state index contributed by atoms with van der Waals surface area (Å²) in [4.78, 5) is 11.9. The largest absolute Gasteiger partial charge is 0.396 e. The molecule has 0 fully saturated rings. The Hall–Kier alpha value is -1.57. The van der Waals surface area contributed by atoms with Crippen molar-refractivity contribution in [2.24, 2.45) is 11.7 Å². The molecule has 0 bridgehead atoms. The van der Waals surface area contributed by atoms with Crippen LogP contribution in [0, 0.1) is 5.92 Å². The van der Waals surface area contributed by atoms with Gasteiger partial charge in [0.25, 0.3) is 0 Å². The predicted octanol–water partition coefficient (Wildman–Crippen LogP) is 2.22. The molecule has 2 rings (SSSR count). The summed E-state index contributed by atoms with van der Waals surface area (Å²) in [6.07, 6.45) is 0. The standard InChI is InChI=1S/C13H15NO/c1-8-9(2)12(14)13(15)11(8)10-6-4-3-5-7-10/h3-8,11H,14H2,1-2H3.